The Kier molecular flexibility index (Phi) is 47.6. The highest BCUT2D eigenvalue weighted by Gasteiger charge is 2.71. The van der Waals surface area contributed by atoms with Crippen molar-refractivity contribution in [2.45, 2.75) is 204 Å². The summed E-state index contributed by atoms with van der Waals surface area (Å²) < 4.78 is 11.9. The summed E-state index contributed by atoms with van der Waals surface area (Å²) in [5, 5.41) is 12.0. The summed E-state index contributed by atoms with van der Waals surface area (Å²) in [5.41, 5.74) is 4.80. The van der Waals surface area contributed by atoms with Crippen molar-refractivity contribution in [2.75, 3.05) is 45.7 Å². The van der Waals surface area contributed by atoms with Gasteiger partial charge in [-0.25, -0.2) is 0 Å². The Bertz CT molecular complexity index is 1160. The summed E-state index contributed by atoms with van der Waals surface area (Å²) in [6, 6.07) is 0.0676. The first-order chi connectivity index (χ1) is 29.3. The molecule has 2 fully saturated rings. The van der Waals surface area contributed by atoms with E-state index in [0.717, 1.165) is 70.1 Å². The van der Waals surface area contributed by atoms with E-state index in [0.29, 0.717) is 36.8 Å². The molecule has 6 atom stereocenters. The van der Waals surface area contributed by atoms with Crippen LogP contribution in [0.2, 0.25) is 0 Å². The summed E-state index contributed by atoms with van der Waals surface area (Å²) in [7, 11) is 4.75. The van der Waals surface area contributed by atoms with Crippen LogP contribution in [0.3, 0.4) is 0 Å². The molecule has 0 heterocycles. The smallest absolute Gasteiger partial charge is 0.207 e. The Morgan fingerprint density at radius 3 is 1.82 bits per heavy atom. The largest absolute Gasteiger partial charge is 0.353 e. The maximum Gasteiger partial charge on any atom is 0.207 e. The van der Waals surface area contributed by atoms with Crippen LogP contribution in [0.5, 0.6) is 0 Å². The Morgan fingerprint density at radius 2 is 1.48 bits per heavy atom. The fourth-order valence-corrected chi connectivity index (χ4v) is 10.1. The number of rotatable bonds is 23. The molecule has 2 saturated carbocycles. The molecule has 0 aromatic carbocycles. The van der Waals surface area contributed by atoms with Gasteiger partial charge < -0.3 is 27.0 Å². The number of likely N-dealkylation sites (N-methyl/N-ethyl adjacent to an activating group) is 2. The molecule has 1 amide bonds. The van der Waals surface area contributed by atoms with E-state index in [1.165, 1.54) is 32.1 Å². The van der Waals surface area contributed by atoms with E-state index in [4.69, 9.17) is 5.73 Å². The normalized spacial score (nSPS) is 19.4. The molecule has 0 aromatic heterocycles. The van der Waals surface area contributed by atoms with Gasteiger partial charge in [-0.05, 0) is 98.3 Å². The highest BCUT2D eigenvalue weighted by atomic mass is 32.2. The van der Waals surface area contributed by atoms with Crippen LogP contribution >= 0.6 is 0 Å². The monoisotopic (exact) mass is 902 g/mol. The quantitative estimate of drug-likeness (QED) is 0.0378. The molecule has 0 aromatic rings. The standard InChI is InChI=1S/C18H32N2O2.C12H25NO2S.C9H17NO2.C4H9N.C3H8.2C2H6/c1-13(21)14(9-8-12-19)17(2)16(22)15(20-3)18(17)10-6-4-5-7-11-18;1-5-7-12(4,13-10-14)9-16(15)8-6-11(2)3;1-7(2)4-8(10-3)5-9(12)6-11;1-3-4-5-2;1-3-2;2*1-2/h14-15,20H,4-12,19H2,1-3H3;10-11H,5-9H2,1-4H3,(H,13,14);6-8,10H,4-5H2,1-3H3;3,5H,1,4H2,2H3;3H2,1-2H3;2*1-2H3. The van der Waals surface area contributed by atoms with E-state index in [1.54, 1.807) is 6.92 Å². The van der Waals surface area contributed by atoms with Gasteiger partial charge in [-0.1, -0.05) is 128 Å². The van der Waals surface area contributed by atoms with Crippen LogP contribution in [-0.4, -0.2) is 97.6 Å². The lowest BCUT2D eigenvalue weighted by atomic mass is 9.39. The molecule has 2 aliphatic carbocycles. The van der Waals surface area contributed by atoms with Gasteiger partial charge in [0, 0.05) is 63.6 Å². The van der Waals surface area contributed by atoms with E-state index in [9.17, 15) is 28.2 Å². The number of hydrogen-bond acceptors (Lipinski definition) is 10. The van der Waals surface area contributed by atoms with Gasteiger partial charge in [-0.3, -0.25) is 28.2 Å². The van der Waals surface area contributed by atoms with Gasteiger partial charge in [0.15, 0.2) is 17.9 Å². The van der Waals surface area contributed by atoms with Gasteiger partial charge in [-0.15, -0.1) is 6.58 Å². The zero-order valence-corrected chi connectivity index (χ0v) is 44.3. The lowest BCUT2D eigenvalue weighted by Crippen LogP contribution is -2.75. The van der Waals surface area contributed by atoms with Crippen LogP contribution in [0, 0.1) is 28.6 Å². The fourth-order valence-electron chi connectivity index (χ4n) is 8.31. The van der Waals surface area contributed by atoms with Crippen molar-refractivity contribution in [1.29, 1.82) is 0 Å². The second kappa shape index (κ2) is 42.8. The zero-order valence-electron chi connectivity index (χ0n) is 43.5. The molecule has 0 bridgehead atoms. The molecule has 0 saturated heterocycles. The first kappa shape index (κ1) is 68.9. The lowest BCUT2D eigenvalue weighted by molar-refractivity contribution is -0.183. The van der Waals surface area contributed by atoms with Gasteiger partial charge in [0.1, 0.15) is 5.78 Å². The van der Waals surface area contributed by atoms with Crippen molar-refractivity contribution < 1.29 is 28.2 Å². The van der Waals surface area contributed by atoms with Crippen molar-refractivity contribution >= 4 is 40.8 Å². The second-order valence-corrected chi connectivity index (χ2v) is 19.0. The Hall–Kier alpha value is -2.12. The van der Waals surface area contributed by atoms with Crippen LogP contribution in [0.1, 0.15) is 187 Å². The average Bonchev–Trinajstić information content (AvgIpc) is 3.51. The molecule has 6 N–H and O–H groups in total. The van der Waals surface area contributed by atoms with E-state index in [1.807, 2.05) is 61.8 Å². The predicted octanol–water partition coefficient (Wildman–Crippen LogP) is 9.17. The van der Waals surface area contributed by atoms with Gasteiger partial charge in [0.2, 0.25) is 6.41 Å². The van der Waals surface area contributed by atoms with E-state index < -0.39 is 16.2 Å². The van der Waals surface area contributed by atoms with E-state index in [2.05, 4.69) is 83.2 Å². The second-order valence-electron chi connectivity index (χ2n) is 17.5. The number of aldehydes is 1. The number of carbonyl (C=O) groups excluding carboxylic acids is 5. The minimum atomic E-state index is -0.834. The third-order valence-corrected chi connectivity index (χ3v) is 12.9. The number of ketones is 3. The number of nitrogens with two attached hydrogens (primary N) is 1. The van der Waals surface area contributed by atoms with Crippen molar-refractivity contribution in [3.63, 3.8) is 0 Å². The molecule has 12 heteroatoms. The van der Waals surface area contributed by atoms with Crippen LogP contribution in [0.15, 0.2) is 12.7 Å². The Morgan fingerprint density at radius 1 is 0.952 bits per heavy atom. The summed E-state index contributed by atoms with van der Waals surface area (Å²) in [6.07, 6.45) is 16.8. The number of Topliss-reactive ketones (excluding diaryl/α,β-unsaturated/α-hetero) is 3. The molecule has 1 spiro atoms. The molecule has 370 valence electrons. The van der Waals surface area contributed by atoms with Gasteiger partial charge in [0.05, 0.1) is 6.04 Å². The molecule has 2 aliphatic rings. The van der Waals surface area contributed by atoms with Gasteiger partial charge in [0.25, 0.3) is 0 Å². The highest BCUT2D eigenvalue weighted by Crippen LogP contribution is 2.64. The predicted molar refractivity (Wildman–Crippen MR) is 269 cm³/mol. The van der Waals surface area contributed by atoms with E-state index >= 15 is 0 Å². The molecule has 0 aliphatic heterocycles. The number of nitrogens with one attached hydrogen (secondary N) is 4. The summed E-state index contributed by atoms with van der Waals surface area (Å²) in [4.78, 5) is 56.6. The summed E-state index contributed by atoms with van der Waals surface area (Å²) in [5.74, 6) is 2.32. The van der Waals surface area contributed by atoms with Crippen molar-refractivity contribution in [2.24, 2.45) is 34.3 Å². The first-order valence-corrected chi connectivity index (χ1v) is 25.7. The maximum absolute atomic E-state index is 13.0. The topological polar surface area (TPSA) is 177 Å². The van der Waals surface area contributed by atoms with Crippen LogP contribution in [0.4, 0.5) is 0 Å². The van der Waals surface area contributed by atoms with Crippen LogP contribution < -0.4 is 27.0 Å². The molecular formula is C50H103N5O6S. The Balaban J connectivity index is -0.000000239. The lowest BCUT2D eigenvalue weighted by Gasteiger charge is -2.64. The van der Waals surface area contributed by atoms with Crippen molar-refractivity contribution in [3.8, 4) is 0 Å². The van der Waals surface area contributed by atoms with Crippen LogP contribution in [0.25, 0.3) is 0 Å². The average molecular weight is 902 g/mol. The summed E-state index contributed by atoms with van der Waals surface area (Å²) >= 11 is 0. The molecular weight excluding hydrogens is 799 g/mol. The third kappa shape index (κ3) is 27.9. The Labute approximate surface area is 386 Å². The minimum absolute atomic E-state index is 0.0414. The third-order valence-electron chi connectivity index (χ3n) is 11.2. The highest BCUT2D eigenvalue weighted by molar-refractivity contribution is 7.85. The number of hydrogen-bond donors (Lipinski definition) is 5. The van der Waals surface area contributed by atoms with Gasteiger partial charge >= 0.3 is 0 Å². The van der Waals surface area contributed by atoms with Crippen LogP contribution in [-0.2, 0) is 34.8 Å². The molecule has 0 radical (unpaired) electrons. The molecule has 11 nitrogen and oxygen atoms in total. The summed E-state index contributed by atoms with van der Waals surface area (Å²) in [6.45, 7) is 33.4. The SMILES string of the molecule is C=CCNC.CC.CC.CCC.CCCC(C)(CS(=O)CCC(C)C)NC=O.CNC(CC(=O)C=O)CC(C)C.CNC1C(=O)C(C)(C(CCCN)C(C)=O)C12CCCCCC2. The molecule has 62 heavy (non-hydrogen) atoms. The molecule has 2 rings (SSSR count). The van der Waals surface area contributed by atoms with E-state index in [-0.39, 0.29) is 46.3 Å². The van der Waals surface area contributed by atoms with Crippen molar-refractivity contribution in [1.82, 2.24) is 21.3 Å². The fraction of sp³-hybridized carbons (Fsp3) is 0.860. The maximum atomic E-state index is 13.0. The number of amides is 1. The number of carbonyl (C=O) groups is 5. The minimum Gasteiger partial charge on any atom is -0.353 e. The zero-order chi connectivity index (χ0) is 49.4. The molecule has 6 unspecified atom stereocenters. The van der Waals surface area contributed by atoms with Gasteiger partial charge in [-0.2, -0.15) is 0 Å². The van der Waals surface area contributed by atoms with Crippen molar-refractivity contribution in [3.05, 3.63) is 12.7 Å². The first-order valence-electron chi connectivity index (χ1n) is 24.2.